The number of hydrogen-bond donors (Lipinski definition) is 0. The first-order chi connectivity index (χ1) is 12.7. The zero-order chi connectivity index (χ0) is 20.4. The van der Waals surface area contributed by atoms with Gasteiger partial charge in [-0.3, -0.25) is 0 Å². The van der Waals surface area contributed by atoms with Crippen LogP contribution in [0.1, 0.15) is 33.3 Å². The van der Waals surface area contributed by atoms with E-state index in [0.29, 0.717) is 11.6 Å². The van der Waals surface area contributed by atoms with Crippen LogP contribution in [-0.2, 0) is 43.2 Å². The third-order valence-corrected chi connectivity index (χ3v) is 4.64. The largest absolute Gasteiger partial charge is 0.769 e. The molecule has 154 valence electrons. The van der Waals surface area contributed by atoms with Gasteiger partial charge < -0.3 is 32.5 Å². The van der Waals surface area contributed by atoms with E-state index in [4.69, 9.17) is 22.6 Å². The zero-order valence-electron chi connectivity index (χ0n) is 18.0. The van der Waals surface area contributed by atoms with Crippen molar-refractivity contribution in [3.8, 4) is 6.07 Å². The first kappa shape index (κ1) is 27.2. The Morgan fingerprint density at radius 2 is 1.71 bits per heavy atom. The Balaban J connectivity index is 0.000000694. The second kappa shape index (κ2) is 13.4. The molecule has 1 aliphatic heterocycles. The summed E-state index contributed by atoms with van der Waals surface area (Å²) in [5.74, 6) is 0. The predicted molar refractivity (Wildman–Crippen MR) is 117 cm³/mol. The van der Waals surface area contributed by atoms with Gasteiger partial charge in [0.1, 0.15) is 0 Å². The van der Waals surface area contributed by atoms with Gasteiger partial charge in [-0.2, -0.15) is 12.3 Å². The molecule has 1 saturated heterocycles. The fraction of sp³-hybridized carbons (Fsp3) is 0.571. The summed E-state index contributed by atoms with van der Waals surface area (Å²) in [5, 5.41) is 12.6. The predicted octanol–water partition coefficient (Wildman–Crippen LogP) is 4.00. The first-order valence-corrected chi connectivity index (χ1v) is 9.60. The van der Waals surface area contributed by atoms with Crippen molar-refractivity contribution in [3.05, 3.63) is 40.1 Å². The maximum atomic E-state index is 8.82. The van der Waals surface area contributed by atoms with Crippen LogP contribution < -0.4 is 4.90 Å². The quantitative estimate of drug-likeness (QED) is 0.313. The van der Waals surface area contributed by atoms with Crippen molar-refractivity contribution >= 4 is 23.9 Å². The van der Waals surface area contributed by atoms with Crippen LogP contribution in [-0.4, -0.2) is 57.5 Å². The fourth-order valence-corrected chi connectivity index (χ4v) is 2.58. The number of anilines is 1. The van der Waals surface area contributed by atoms with Crippen LogP contribution in [0.3, 0.4) is 0 Å². The molecular weight excluding hydrogens is 535 g/mol. The standard InChI is InChI=1S/C15H19N3S.C6H14NO.Hf/c1-12(15(19)11-16)13-3-5-14(6-4-13)18-9-7-17(2)8-10-18;1-6(2,3)8-5-7-4;/h3-6,19H,7-10H2,1-2H3;5H2,1-4H3;/q;-1;/p-1/b15-12+;;. The zero-order valence-corrected chi connectivity index (χ0v) is 22.4. The van der Waals surface area contributed by atoms with Gasteiger partial charge in [0.25, 0.3) is 0 Å². The van der Waals surface area contributed by atoms with Gasteiger partial charge in [0.05, 0.1) is 11.7 Å². The third kappa shape index (κ3) is 10.1. The van der Waals surface area contributed by atoms with Crippen LogP contribution in [0.4, 0.5) is 5.69 Å². The Labute approximate surface area is 195 Å². The molecule has 1 aromatic carbocycles. The molecule has 0 spiro atoms. The van der Waals surface area contributed by atoms with Crippen molar-refractivity contribution in [1.82, 2.24) is 4.90 Å². The van der Waals surface area contributed by atoms with Gasteiger partial charge in [-0.1, -0.05) is 22.6 Å². The summed E-state index contributed by atoms with van der Waals surface area (Å²) < 4.78 is 5.21. The van der Waals surface area contributed by atoms with Crippen molar-refractivity contribution in [2.45, 2.75) is 33.3 Å². The number of allylic oxidation sites excluding steroid dienone is 2. The number of piperazine rings is 1. The van der Waals surface area contributed by atoms with Crippen molar-refractivity contribution < 1.29 is 30.6 Å². The van der Waals surface area contributed by atoms with Crippen LogP contribution in [0.2, 0.25) is 0 Å². The minimum atomic E-state index is -0.0422. The number of nitriles is 1. The summed E-state index contributed by atoms with van der Waals surface area (Å²) in [5.41, 5.74) is 3.11. The second-order valence-corrected chi connectivity index (χ2v) is 8.01. The second-order valence-electron chi connectivity index (χ2n) is 7.61. The summed E-state index contributed by atoms with van der Waals surface area (Å²) in [6, 6.07) is 10.4. The van der Waals surface area contributed by atoms with Crippen LogP contribution in [0.15, 0.2) is 29.2 Å². The molecule has 0 bridgehead atoms. The normalized spacial score (nSPS) is 15.5. The number of rotatable bonds is 4. The number of nitrogens with zero attached hydrogens (tertiary/aromatic N) is 4. The van der Waals surface area contributed by atoms with E-state index < -0.39 is 0 Å². The van der Waals surface area contributed by atoms with E-state index in [1.54, 1.807) is 7.05 Å². The van der Waals surface area contributed by atoms with Crippen molar-refractivity contribution in [2.24, 2.45) is 0 Å². The number of hydrogen-bond acceptors (Lipinski definition) is 5. The SMILES string of the molecule is C/C(=C(\[S-])C#N)c1ccc(N2CCN(C)CC2)cc1.C[N-]COC(C)(C)C.[Hf]. The van der Waals surface area contributed by atoms with Crippen LogP contribution >= 0.6 is 0 Å². The molecule has 1 aliphatic rings. The Hall–Kier alpha value is -0.780. The Bertz CT molecular complexity index is 642. The van der Waals surface area contributed by atoms with E-state index in [-0.39, 0.29) is 31.4 Å². The molecule has 28 heavy (non-hydrogen) atoms. The molecule has 1 heterocycles. The summed E-state index contributed by atoms with van der Waals surface area (Å²) in [7, 11) is 3.90. The minimum absolute atomic E-state index is 0. The van der Waals surface area contributed by atoms with Gasteiger partial charge >= 0.3 is 0 Å². The van der Waals surface area contributed by atoms with Gasteiger partial charge in [0, 0.05) is 57.7 Å². The average molecular weight is 567 g/mol. The molecule has 2 rings (SSSR count). The van der Waals surface area contributed by atoms with Gasteiger partial charge in [-0.15, -0.1) is 0 Å². The fourth-order valence-electron chi connectivity index (χ4n) is 2.46. The first-order valence-electron chi connectivity index (χ1n) is 9.19. The topological polar surface area (TPSA) is 53.6 Å². The molecule has 1 fully saturated rings. The molecule has 7 heteroatoms. The summed E-state index contributed by atoms with van der Waals surface area (Å²) in [4.78, 5) is 5.10. The third-order valence-electron chi connectivity index (χ3n) is 4.24. The molecule has 0 aromatic heterocycles. The van der Waals surface area contributed by atoms with Crippen molar-refractivity contribution in [3.63, 3.8) is 0 Å². The smallest absolute Gasteiger partial charge is 0.0706 e. The van der Waals surface area contributed by atoms with E-state index in [1.807, 2.05) is 45.9 Å². The molecule has 1 aromatic rings. The van der Waals surface area contributed by atoms with E-state index in [2.05, 4.69) is 34.3 Å². The maximum Gasteiger partial charge on any atom is 0.0706 e. The number of benzene rings is 1. The molecule has 0 amide bonds. The minimum Gasteiger partial charge on any atom is -0.769 e. The molecule has 0 N–H and O–H groups in total. The summed E-state index contributed by atoms with van der Waals surface area (Å²) >= 11 is 5.02. The number of likely N-dealkylation sites (N-methyl/N-ethyl adjacent to an activating group) is 1. The number of ether oxygens (including phenoxy) is 1. The van der Waals surface area contributed by atoms with E-state index in [0.717, 1.165) is 37.3 Å². The summed E-state index contributed by atoms with van der Waals surface area (Å²) in [6.07, 6.45) is 0. The average Bonchev–Trinajstić information content (AvgIpc) is 2.66. The monoisotopic (exact) mass is 568 g/mol. The van der Waals surface area contributed by atoms with E-state index in [1.165, 1.54) is 5.69 Å². The van der Waals surface area contributed by atoms with Gasteiger partial charge in [0.2, 0.25) is 0 Å². The molecule has 5 nitrogen and oxygen atoms in total. The Morgan fingerprint density at radius 3 is 2.11 bits per heavy atom. The molecule has 0 unspecified atom stereocenters. The van der Waals surface area contributed by atoms with Crippen molar-refractivity contribution in [1.29, 1.82) is 5.26 Å². The summed E-state index contributed by atoms with van der Waals surface area (Å²) in [6.45, 7) is 12.8. The van der Waals surface area contributed by atoms with E-state index in [9.17, 15) is 0 Å². The molecule has 0 aliphatic carbocycles. The van der Waals surface area contributed by atoms with Gasteiger partial charge in [0.15, 0.2) is 0 Å². The Kier molecular flexibility index (Phi) is 13.1. The van der Waals surface area contributed by atoms with Crippen molar-refractivity contribution in [2.75, 3.05) is 51.9 Å². The molecule has 0 saturated carbocycles. The maximum absolute atomic E-state index is 8.82. The Morgan fingerprint density at radius 1 is 1.18 bits per heavy atom. The van der Waals surface area contributed by atoms with E-state index >= 15 is 0 Å². The van der Waals surface area contributed by atoms with Gasteiger partial charge in [-0.05, 0) is 59.2 Å². The molecule has 0 atom stereocenters. The van der Waals surface area contributed by atoms with Crippen LogP contribution in [0.5, 0.6) is 0 Å². The molecular formula is C21H32HfN4OS-2. The molecule has 0 radical (unpaired) electrons. The van der Waals surface area contributed by atoms with Gasteiger partial charge in [-0.25, -0.2) is 0 Å². The van der Waals surface area contributed by atoms with Crippen LogP contribution in [0.25, 0.3) is 10.9 Å². The van der Waals surface area contributed by atoms with Crippen LogP contribution in [0, 0.1) is 11.3 Å².